The van der Waals surface area contributed by atoms with Crippen LogP contribution in [0.3, 0.4) is 0 Å². The number of ether oxygens (including phenoxy) is 1. The van der Waals surface area contributed by atoms with Gasteiger partial charge in [-0.3, -0.25) is 0 Å². The molecule has 0 atom stereocenters. The summed E-state index contributed by atoms with van der Waals surface area (Å²) in [6.07, 6.45) is 1.40. The fourth-order valence-corrected chi connectivity index (χ4v) is 1.27. The molecule has 0 radical (unpaired) electrons. The maximum atomic E-state index is 11.4. The molecule has 0 bridgehead atoms. The molecule has 0 saturated heterocycles. The molecule has 0 aliphatic heterocycles. The summed E-state index contributed by atoms with van der Waals surface area (Å²) in [7, 11) is 0. The second kappa shape index (κ2) is 4.36. The van der Waals surface area contributed by atoms with E-state index in [-0.39, 0.29) is 11.0 Å². The number of carbonyl (C=O) groups is 1. The van der Waals surface area contributed by atoms with Crippen LogP contribution in [0.15, 0.2) is 12.3 Å². The number of pyridine rings is 1. The zero-order chi connectivity index (χ0) is 11.5. The number of rotatable bonds is 2. The minimum absolute atomic E-state index is 0.0218. The van der Waals surface area contributed by atoms with E-state index >= 15 is 0 Å². The summed E-state index contributed by atoms with van der Waals surface area (Å²) in [5.41, 5.74) is 1.10. The number of hydrogen-bond acceptors (Lipinski definition) is 6. The maximum absolute atomic E-state index is 11.4. The number of halogens is 1. The van der Waals surface area contributed by atoms with Gasteiger partial charge in [-0.1, -0.05) is 0 Å². The second-order valence-corrected chi connectivity index (χ2v) is 3.20. The maximum Gasteiger partial charge on any atom is 0.356 e. The van der Waals surface area contributed by atoms with E-state index in [9.17, 15) is 4.79 Å². The summed E-state index contributed by atoms with van der Waals surface area (Å²) < 4.78 is 4.81. The number of hydrogen-bond donors (Lipinski definition) is 0. The molecule has 0 amide bonds. The number of nitrogens with zero attached hydrogens (tertiary/aromatic N) is 4. The summed E-state index contributed by atoms with van der Waals surface area (Å²) in [5.74, 6) is -0.501. The fourth-order valence-electron chi connectivity index (χ4n) is 1.14. The first kappa shape index (κ1) is 10.7. The Morgan fingerprint density at radius 2 is 2.25 bits per heavy atom. The van der Waals surface area contributed by atoms with Crippen molar-refractivity contribution in [3.63, 3.8) is 0 Å². The molecule has 0 N–H and O–H groups in total. The van der Waals surface area contributed by atoms with Crippen molar-refractivity contribution in [2.75, 3.05) is 6.61 Å². The largest absolute Gasteiger partial charge is 0.461 e. The lowest BCUT2D eigenvalue weighted by Gasteiger charge is -2.01. The van der Waals surface area contributed by atoms with Crippen LogP contribution in [0, 0.1) is 0 Å². The fraction of sp³-hybridized carbons (Fsp3) is 0.222. The average molecular weight is 239 g/mol. The summed E-state index contributed by atoms with van der Waals surface area (Å²) in [4.78, 5) is 19.2. The van der Waals surface area contributed by atoms with E-state index in [0.29, 0.717) is 17.6 Å². The first-order valence-electron chi connectivity index (χ1n) is 4.54. The molecule has 0 aromatic carbocycles. The number of carbonyl (C=O) groups excluding carboxylic acids is 1. The first-order valence-corrected chi connectivity index (χ1v) is 4.91. The van der Waals surface area contributed by atoms with E-state index < -0.39 is 5.97 Å². The summed E-state index contributed by atoms with van der Waals surface area (Å²) >= 11 is 5.59. The van der Waals surface area contributed by atoms with E-state index in [1.807, 2.05) is 0 Å². The third-order valence-electron chi connectivity index (χ3n) is 1.80. The summed E-state index contributed by atoms with van der Waals surface area (Å²) in [5, 5.41) is 7.36. The molecule has 82 valence electrons. The molecule has 0 saturated carbocycles. The van der Waals surface area contributed by atoms with Crippen molar-refractivity contribution >= 4 is 28.6 Å². The van der Waals surface area contributed by atoms with Gasteiger partial charge in [0.25, 0.3) is 0 Å². The zero-order valence-electron chi connectivity index (χ0n) is 8.35. The Balaban J connectivity index is 2.46. The predicted octanol–water partition coefficient (Wildman–Crippen LogP) is 1.25. The normalized spacial score (nSPS) is 10.4. The van der Waals surface area contributed by atoms with Gasteiger partial charge < -0.3 is 4.74 Å². The van der Waals surface area contributed by atoms with E-state index in [0.717, 1.165) is 0 Å². The Morgan fingerprint density at radius 3 is 3.00 bits per heavy atom. The van der Waals surface area contributed by atoms with E-state index in [2.05, 4.69) is 20.2 Å². The summed E-state index contributed by atoms with van der Waals surface area (Å²) in [6, 6.07) is 1.47. The Morgan fingerprint density at radius 1 is 1.44 bits per heavy atom. The van der Waals surface area contributed by atoms with Crippen molar-refractivity contribution in [3.8, 4) is 0 Å². The molecule has 7 heteroatoms. The van der Waals surface area contributed by atoms with Crippen LogP contribution >= 0.6 is 11.6 Å². The van der Waals surface area contributed by atoms with Gasteiger partial charge in [0.05, 0.1) is 18.3 Å². The van der Waals surface area contributed by atoms with E-state index in [1.54, 1.807) is 6.92 Å². The number of fused-ring (bicyclic) bond motifs is 1. The minimum Gasteiger partial charge on any atom is -0.461 e. The quantitative estimate of drug-likeness (QED) is 0.733. The lowest BCUT2D eigenvalue weighted by atomic mass is 10.3. The van der Waals surface area contributed by atoms with Crippen LogP contribution in [0.25, 0.3) is 11.0 Å². The van der Waals surface area contributed by atoms with E-state index in [1.165, 1.54) is 12.3 Å². The highest BCUT2D eigenvalue weighted by Crippen LogP contribution is 2.11. The monoisotopic (exact) mass is 238 g/mol. The summed E-state index contributed by atoms with van der Waals surface area (Å²) in [6.45, 7) is 2.01. The lowest BCUT2D eigenvalue weighted by Crippen LogP contribution is -2.07. The topological polar surface area (TPSA) is 77.9 Å². The van der Waals surface area contributed by atoms with Gasteiger partial charge >= 0.3 is 5.97 Å². The molecule has 16 heavy (non-hydrogen) atoms. The Kier molecular flexibility index (Phi) is 2.91. The second-order valence-electron chi connectivity index (χ2n) is 2.86. The van der Waals surface area contributed by atoms with Crippen LogP contribution in [0.1, 0.15) is 17.4 Å². The van der Waals surface area contributed by atoms with Crippen LogP contribution in [0.5, 0.6) is 0 Å². The van der Waals surface area contributed by atoms with Crippen molar-refractivity contribution in [2.45, 2.75) is 6.92 Å². The number of aromatic nitrogens is 4. The minimum atomic E-state index is -0.501. The van der Waals surface area contributed by atoms with Crippen molar-refractivity contribution in [3.05, 3.63) is 23.2 Å². The van der Waals surface area contributed by atoms with Crippen LogP contribution in [-0.2, 0) is 4.74 Å². The highest BCUT2D eigenvalue weighted by molar-refractivity contribution is 6.28. The van der Waals surface area contributed by atoms with Gasteiger partial charge in [0.1, 0.15) is 5.52 Å². The van der Waals surface area contributed by atoms with Gasteiger partial charge in [0, 0.05) is 0 Å². The van der Waals surface area contributed by atoms with Crippen molar-refractivity contribution in [1.29, 1.82) is 0 Å². The number of esters is 1. The van der Waals surface area contributed by atoms with Gasteiger partial charge in [0.2, 0.25) is 5.28 Å². The van der Waals surface area contributed by atoms with Gasteiger partial charge in [0.15, 0.2) is 5.69 Å². The highest BCUT2D eigenvalue weighted by atomic mass is 35.5. The molecule has 2 aromatic heterocycles. The standard InChI is InChI=1S/C9H7ClN4O2/c1-2-16-8(15)6-3-5-7(4-11-6)13-14-9(10)12-5/h3-4H,2H2,1H3. The SMILES string of the molecule is CCOC(=O)c1cc2nc(Cl)nnc2cn1. The van der Waals surface area contributed by atoms with Gasteiger partial charge in [-0.25, -0.2) is 14.8 Å². The molecule has 0 spiro atoms. The third-order valence-corrected chi connectivity index (χ3v) is 1.96. The van der Waals surface area contributed by atoms with Gasteiger partial charge in [-0.15, -0.1) is 10.2 Å². The average Bonchev–Trinajstić information content (AvgIpc) is 2.28. The van der Waals surface area contributed by atoms with Crippen molar-refractivity contribution < 1.29 is 9.53 Å². The first-order chi connectivity index (χ1) is 7.70. The smallest absolute Gasteiger partial charge is 0.356 e. The predicted molar refractivity (Wildman–Crippen MR) is 56.1 cm³/mol. The highest BCUT2D eigenvalue weighted by Gasteiger charge is 2.10. The van der Waals surface area contributed by atoms with Crippen LogP contribution in [0.4, 0.5) is 0 Å². The van der Waals surface area contributed by atoms with E-state index in [4.69, 9.17) is 16.3 Å². The molecule has 0 fully saturated rings. The molecule has 0 unspecified atom stereocenters. The zero-order valence-corrected chi connectivity index (χ0v) is 9.10. The van der Waals surface area contributed by atoms with Gasteiger partial charge in [-0.2, -0.15) is 0 Å². The molecular formula is C9H7ClN4O2. The molecular weight excluding hydrogens is 232 g/mol. The Bertz CT molecular complexity index is 546. The molecule has 6 nitrogen and oxygen atoms in total. The Hall–Kier alpha value is -1.82. The molecule has 0 aliphatic rings. The lowest BCUT2D eigenvalue weighted by molar-refractivity contribution is 0.0519. The van der Waals surface area contributed by atoms with Gasteiger partial charge in [-0.05, 0) is 24.6 Å². The van der Waals surface area contributed by atoms with Crippen molar-refractivity contribution in [2.24, 2.45) is 0 Å². The molecule has 2 rings (SSSR count). The molecule has 2 aromatic rings. The van der Waals surface area contributed by atoms with Crippen LogP contribution < -0.4 is 0 Å². The van der Waals surface area contributed by atoms with Crippen LogP contribution in [-0.4, -0.2) is 32.7 Å². The Labute approximate surface area is 95.6 Å². The van der Waals surface area contributed by atoms with Crippen molar-refractivity contribution in [1.82, 2.24) is 20.2 Å². The third kappa shape index (κ3) is 2.06. The molecule has 2 heterocycles. The van der Waals surface area contributed by atoms with Crippen LogP contribution in [0.2, 0.25) is 5.28 Å². The molecule has 0 aliphatic carbocycles.